The third-order valence-electron chi connectivity index (χ3n) is 3.19. The molecule has 0 amide bonds. The van der Waals surface area contributed by atoms with Crippen LogP contribution in [0.2, 0.25) is 0 Å². The van der Waals surface area contributed by atoms with Gasteiger partial charge in [-0.3, -0.25) is 4.79 Å². The molecule has 0 spiro atoms. The normalized spacial score (nSPS) is 11.3. The van der Waals surface area contributed by atoms with Crippen LogP contribution in [0.15, 0.2) is 48.5 Å². The van der Waals surface area contributed by atoms with Gasteiger partial charge >= 0.3 is 0 Å². The summed E-state index contributed by atoms with van der Waals surface area (Å²) in [6.45, 7) is 3.83. The number of hydrogen-bond donors (Lipinski definition) is 0. The molecule has 0 atom stereocenters. The van der Waals surface area contributed by atoms with Crippen molar-refractivity contribution in [2.45, 2.75) is 19.6 Å². The molecule has 110 valence electrons. The summed E-state index contributed by atoms with van der Waals surface area (Å²) in [5, 5.41) is 0. The van der Waals surface area contributed by atoms with Gasteiger partial charge in [-0.15, -0.1) is 0 Å². The van der Waals surface area contributed by atoms with E-state index >= 15 is 0 Å². The minimum absolute atomic E-state index is 0.105. The van der Waals surface area contributed by atoms with E-state index in [0.717, 1.165) is 11.1 Å². The maximum absolute atomic E-state index is 12.1. The van der Waals surface area contributed by atoms with Crippen LogP contribution in [0, 0.1) is 13.8 Å². The van der Waals surface area contributed by atoms with E-state index in [1.807, 2.05) is 32.0 Å². The molecule has 2 aromatic carbocycles. The summed E-state index contributed by atoms with van der Waals surface area (Å²) in [6.07, 6.45) is 0. The molecular weight excluding hydrogens is 284 g/mol. The zero-order chi connectivity index (χ0) is 15.5. The van der Waals surface area contributed by atoms with Crippen LogP contribution >= 0.6 is 0 Å². The molecule has 0 aliphatic rings. The number of carbonyl (C=O) groups is 1. The molecule has 2 aromatic rings. The third kappa shape index (κ3) is 4.53. The quantitative estimate of drug-likeness (QED) is 0.797. The van der Waals surface area contributed by atoms with Crippen LogP contribution in [0.5, 0.6) is 0 Å². The van der Waals surface area contributed by atoms with E-state index in [1.54, 1.807) is 30.3 Å². The van der Waals surface area contributed by atoms with Crippen LogP contribution < -0.4 is 0 Å². The van der Waals surface area contributed by atoms with E-state index in [4.69, 9.17) is 0 Å². The van der Waals surface area contributed by atoms with Crippen molar-refractivity contribution < 1.29 is 13.2 Å². The molecule has 2 rings (SSSR count). The van der Waals surface area contributed by atoms with Gasteiger partial charge in [0.05, 0.1) is 5.75 Å². The van der Waals surface area contributed by atoms with Crippen molar-refractivity contribution in [3.05, 3.63) is 70.8 Å². The topological polar surface area (TPSA) is 51.2 Å². The van der Waals surface area contributed by atoms with Gasteiger partial charge in [0.2, 0.25) is 0 Å². The van der Waals surface area contributed by atoms with Crippen LogP contribution in [0.4, 0.5) is 0 Å². The standard InChI is InChI=1S/C17H18O3S/c1-13-6-8-16(9-7-13)17(18)12-21(19,20)11-15-5-3-4-14(2)10-15/h3-10H,11-12H2,1-2H3. The summed E-state index contributed by atoms with van der Waals surface area (Å²) in [7, 11) is -3.46. The second kappa shape index (κ2) is 6.22. The van der Waals surface area contributed by atoms with Crippen LogP contribution in [-0.4, -0.2) is 20.0 Å². The molecule has 0 saturated carbocycles. The largest absolute Gasteiger partial charge is 0.293 e. The molecule has 4 heteroatoms. The summed E-state index contributed by atoms with van der Waals surface area (Å²) in [5.74, 6) is -0.918. The molecule has 0 saturated heterocycles. The van der Waals surface area contributed by atoms with Crippen LogP contribution in [-0.2, 0) is 15.6 Å². The summed E-state index contributed by atoms with van der Waals surface area (Å²) in [5.41, 5.74) is 3.20. The van der Waals surface area contributed by atoms with Gasteiger partial charge in [0.15, 0.2) is 15.6 Å². The maximum Gasteiger partial charge on any atom is 0.177 e. The maximum atomic E-state index is 12.1. The van der Waals surface area contributed by atoms with Gasteiger partial charge in [-0.2, -0.15) is 0 Å². The minimum atomic E-state index is -3.46. The number of hydrogen-bond acceptors (Lipinski definition) is 3. The molecule has 0 radical (unpaired) electrons. The number of aryl methyl sites for hydroxylation is 2. The summed E-state index contributed by atoms with van der Waals surface area (Å²) >= 11 is 0. The van der Waals surface area contributed by atoms with Crippen molar-refractivity contribution in [1.29, 1.82) is 0 Å². The second-order valence-corrected chi connectivity index (χ2v) is 7.37. The summed E-state index contributed by atoms with van der Waals surface area (Å²) in [6, 6.07) is 14.3. The Balaban J connectivity index is 2.10. The van der Waals surface area contributed by atoms with Crippen molar-refractivity contribution in [3.8, 4) is 0 Å². The van der Waals surface area contributed by atoms with Gasteiger partial charge in [-0.1, -0.05) is 59.7 Å². The number of ketones is 1. The third-order valence-corrected chi connectivity index (χ3v) is 4.67. The first-order valence-electron chi connectivity index (χ1n) is 6.71. The first-order chi connectivity index (χ1) is 9.85. The first kappa shape index (κ1) is 15.4. The molecule has 0 aromatic heterocycles. The van der Waals surface area contributed by atoms with Gasteiger partial charge in [-0.25, -0.2) is 8.42 Å². The molecule has 0 unspecified atom stereocenters. The van der Waals surface area contributed by atoms with Crippen LogP contribution in [0.25, 0.3) is 0 Å². The van der Waals surface area contributed by atoms with Crippen LogP contribution in [0.1, 0.15) is 27.0 Å². The molecule has 0 aliphatic heterocycles. The highest BCUT2D eigenvalue weighted by Gasteiger charge is 2.18. The fourth-order valence-corrected chi connectivity index (χ4v) is 3.49. The Labute approximate surface area is 125 Å². The number of sulfone groups is 1. The van der Waals surface area contributed by atoms with Crippen molar-refractivity contribution in [1.82, 2.24) is 0 Å². The molecule has 3 nitrogen and oxygen atoms in total. The zero-order valence-corrected chi connectivity index (χ0v) is 13.0. The molecular formula is C17H18O3S. The smallest absolute Gasteiger partial charge is 0.177 e. The lowest BCUT2D eigenvalue weighted by atomic mass is 10.1. The second-order valence-electron chi connectivity index (χ2n) is 5.31. The number of rotatable bonds is 5. The molecule has 0 fully saturated rings. The Hall–Kier alpha value is -1.94. The number of benzene rings is 2. The lowest BCUT2D eigenvalue weighted by molar-refractivity contribution is 0.102. The van der Waals surface area contributed by atoms with Crippen molar-refractivity contribution in [3.63, 3.8) is 0 Å². The fourth-order valence-electron chi connectivity index (χ4n) is 2.13. The molecule has 0 bridgehead atoms. The Kier molecular flexibility index (Phi) is 4.58. The monoisotopic (exact) mass is 302 g/mol. The highest BCUT2D eigenvalue weighted by Crippen LogP contribution is 2.11. The first-order valence-corrected chi connectivity index (χ1v) is 8.54. The number of carbonyl (C=O) groups excluding carboxylic acids is 1. The van der Waals surface area contributed by atoms with Gasteiger partial charge in [-0.05, 0) is 19.4 Å². The van der Waals surface area contributed by atoms with Gasteiger partial charge in [0.25, 0.3) is 0 Å². The van der Waals surface area contributed by atoms with Gasteiger partial charge in [0.1, 0.15) is 5.75 Å². The summed E-state index contributed by atoms with van der Waals surface area (Å²) < 4.78 is 24.3. The minimum Gasteiger partial charge on any atom is -0.293 e. The Bertz CT molecular complexity index is 744. The molecule has 0 N–H and O–H groups in total. The van der Waals surface area contributed by atoms with E-state index < -0.39 is 15.6 Å². The Morgan fingerprint density at radius 1 is 0.952 bits per heavy atom. The van der Waals surface area contributed by atoms with Crippen LogP contribution in [0.3, 0.4) is 0 Å². The summed E-state index contributed by atoms with van der Waals surface area (Å²) in [4.78, 5) is 12.0. The molecule has 21 heavy (non-hydrogen) atoms. The molecule has 0 heterocycles. The average molecular weight is 302 g/mol. The SMILES string of the molecule is Cc1ccc(C(=O)CS(=O)(=O)Cc2cccc(C)c2)cc1. The lowest BCUT2D eigenvalue weighted by Gasteiger charge is -2.05. The molecule has 0 aliphatic carbocycles. The van der Waals surface area contributed by atoms with E-state index in [9.17, 15) is 13.2 Å². The van der Waals surface area contributed by atoms with E-state index in [1.165, 1.54) is 0 Å². The predicted molar refractivity (Wildman–Crippen MR) is 84.2 cm³/mol. The fraction of sp³-hybridized carbons (Fsp3) is 0.235. The Morgan fingerprint density at radius 3 is 2.24 bits per heavy atom. The highest BCUT2D eigenvalue weighted by molar-refractivity contribution is 7.91. The highest BCUT2D eigenvalue weighted by atomic mass is 32.2. The zero-order valence-electron chi connectivity index (χ0n) is 12.2. The number of Topliss-reactive ketones (excluding diaryl/α,β-unsaturated/α-hetero) is 1. The van der Waals surface area contributed by atoms with Crippen molar-refractivity contribution in [2.75, 3.05) is 5.75 Å². The van der Waals surface area contributed by atoms with E-state index in [0.29, 0.717) is 11.1 Å². The van der Waals surface area contributed by atoms with Crippen molar-refractivity contribution >= 4 is 15.6 Å². The average Bonchev–Trinajstić information content (AvgIpc) is 2.38. The Morgan fingerprint density at radius 2 is 1.62 bits per heavy atom. The van der Waals surface area contributed by atoms with Crippen molar-refractivity contribution in [2.24, 2.45) is 0 Å². The van der Waals surface area contributed by atoms with E-state index in [2.05, 4.69) is 0 Å². The lowest BCUT2D eigenvalue weighted by Crippen LogP contribution is -2.18. The predicted octanol–water partition coefficient (Wildman–Crippen LogP) is 3.10. The van der Waals surface area contributed by atoms with Gasteiger partial charge < -0.3 is 0 Å². The van der Waals surface area contributed by atoms with E-state index in [-0.39, 0.29) is 11.5 Å². The van der Waals surface area contributed by atoms with Gasteiger partial charge in [0, 0.05) is 5.56 Å².